The van der Waals surface area contributed by atoms with Crippen LogP contribution in [0.4, 0.5) is 10.1 Å². The molecule has 20 heavy (non-hydrogen) atoms. The highest BCUT2D eigenvalue weighted by molar-refractivity contribution is 6.12. The molecule has 0 aromatic heterocycles. The van der Waals surface area contributed by atoms with Crippen molar-refractivity contribution in [2.24, 2.45) is 0 Å². The molecule has 4 heteroatoms. The van der Waals surface area contributed by atoms with Crippen molar-refractivity contribution in [2.75, 3.05) is 5.73 Å². The third kappa shape index (κ3) is 2.96. The van der Waals surface area contributed by atoms with Crippen LogP contribution in [-0.4, -0.2) is 11.9 Å². The van der Waals surface area contributed by atoms with E-state index in [9.17, 15) is 9.18 Å². The highest BCUT2D eigenvalue weighted by Gasteiger charge is 2.14. The second kappa shape index (κ2) is 5.74. The number of hydrogen-bond donors (Lipinski definition) is 1. The zero-order chi connectivity index (χ0) is 14.7. The molecule has 3 nitrogen and oxygen atoms in total. The molecular formula is C16H16FNO2. The van der Waals surface area contributed by atoms with Crippen molar-refractivity contribution in [3.05, 3.63) is 59.4 Å². The first-order valence-electron chi connectivity index (χ1n) is 6.34. The number of carbonyl (C=O) groups excluding carboxylic acids is 1. The van der Waals surface area contributed by atoms with Crippen LogP contribution < -0.4 is 10.5 Å². The number of ketones is 1. The number of rotatable bonds is 4. The summed E-state index contributed by atoms with van der Waals surface area (Å²) in [7, 11) is 0. The van der Waals surface area contributed by atoms with Crippen LogP contribution in [-0.2, 0) is 0 Å². The van der Waals surface area contributed by atoms with Crippen molar-refractivity contribution >= 4 is 11.5 Å². The Hall–Kier alpha value is -2.36. The van der Waals surface area contributed by atoms with Gasteiger partial charge in [-0.25, -0.2) is 4.39 Å². The molecule has 0 saturated heterocycles. The molecule has 0 aliphatic rings. The molecule has 0 heterocycles. The Morgan fingerprint density at radius 1 is 1.15 bits per heavy atom. The lowest BCUT2D eigenvalue weighted by molar-refractivity contribution is 0.103. The molecule has 0 aliphatic heterocycles. The monoisotopic (exact) mass is 273 g/mol. The molecule has 2 aromatic rings. The van der Waals surface area contributed by atoms with E-state index in [2.05, 4.69) is 0 Å². The molecule has 0 aliphatic carbocycles. The van der Waals surface area contributed by atoms with Crippen LogP contribution >= 0.6 is 0 Å². The number of nitrogen functional groups attached to an aromatic ring is 1. The number of para-hydroxylation sites is 1. The van der Waals surface area contributed by atoms with Gasteiger partial charge >= 0.3 is 0 Å². The van der Waals surface area contributed by atoms with Crippen LogP contribution in [0, 0.1) is 5.82 Å². The molecule has 2 aromatic carbocycles. The summed E-state index contributed by atoms with van der Waals surface area (Å²) in [6, 6.07) is 10.9. The van der Waals surface area contributed by atoms with E-state index in [4.69, 9.17) is 10.5 Å². The van der Waals surface area contributed by atoms with Crippen molar-refractivity contribution in [1.29, 1.82) is 0 Å². The first-order valence-corrected chi connectivity index (χ1v) is 6.34. The fourth-order valence-corrected chi connectivity index (χ4v) is 1.85. The van der Waals surface area contributed by atoms with Gasteiger partial charge in [-0.2, -0.15) is 0 Å². The molecule has 0 radical (unpaired) electrons. The smallest absolute Gasteiger partial charge is 0.195 e. The van der Waals surface area contributed by atoms with E-state index in [0.717, 1.165) is 0 Å². The van der Waals surface area contributed by atoms with Gasteiger partial charge in [-0.3, -0.25) is 4.79 Å². The average molecular weight is 273 g/mol. The van der Waals surface area contributed by atoms with Gasteiger partial charge in [-0.1, -0.05) is 6.07 Å². The molecular weight excluding hydrogens is 257 g/mol. The standard InChI is InChI=1S/C16H16FNO2/c1-10(2)20-12-8-6-11(7-9-12)16(19)13-4-3-5-14(17)15(13)18/h3-10H,18H2,1-2H3. The molecule has 0 saturated carbocycles. The zero-order valence-corrected chi connectivity index (χ0v) is 11.4. The number of hydrogen-bond acceptors (Lipinski definition) is 3. The van der Waals surface area contributed by atoms with Gasteiger partial charge in [0.25, 0.3) is 0 Å². The van der Waals surface area contributed by atoms with Crippen LogP contribution in [0.3, 0.4) is 0 Å². The highest BCUT2D eigenvalue weighted by Crippen LogP contribution is 2.21. The molecule has 0 atom stereocenters. The van der Waals surface area contributed by atoms with Gasteiger partial charge in [0.05, 0.1) is 11.8 Å². The Morgan fingerprint density at radius 2 is 1.80 bits per heavy atom. The molecule has 2 N–H and O–H groups in total. The van der Waals surface area contributed by atoms with E-state index < -0.39 is 5.82 Å². The maximum atomic E-state index is 13.4. The molecule has 0 amide bonds. The Kier molecular flexibility index (Phi) is 4.03. The van der Waals surface area contributed by atoms with E-state index in [1.807, 2.05) is 13.8 Å². The summed E-state index contributed by atoms with van der Waals surface area (Å²) < 4.78 is 18.9. The van der Waals surface area contributed by atoms with Gasteiger partial charge in [0.15, 0.2) is 5.78 Å². The third-order valence-corrected chi connectivity index (χ3v) is 2.79. The van der Waals surface area contributed by atoms with E-state index in [1.165, 1.54) is 18.2 Å². The topological polar surface area (TPSA) is 52.3 Å². The maximum Gasteiger partial charge on any atom is 0.195 e. The lowest BCUT2D eigenvalue weighted by Gasteiger charge is -2.10. The first-order chi connectivity index (χ1) is 9.49. The van der Waals surface area contributed by atoms with Crippen LogP contribution in [0.2, 0.25) is 0 Å². The lowest BCUT2D eigenvalue weighted by Crippen LogP contribution is -2.08. The molecule has 0 unspecified atom stereocenters. The van der Waals surface area contributed by atoms with Gasteiger partial charge in [0.1, 0.15) is 11.6 Å². The second-order valence-corrected chi connectivity index (χ2v) is 4.72. The SMILES string of the molecule is CC(C)Oc1ccc(C(=O)c2cccc(F)c2N)cc1. The number of halogens is 1. The summed E-state index contributed by atoms with van der Waals surface area (Å²) in [5.74, 6) is -0.211. The molecule has 2 rings (SSSR count). The molecule has 0 bridgehead atoms. The fourth-order valence-electron chi connectivity index (χ4n) is 1.85. The predicted octanol–water partition coefficient (Wildman–Crippen LogP) is 3.43. The maximum absolute atomic E-state index is 13.4. The van der Waals surface area contributed by atoms with Gasteiger partial charge in [-0.15, -0.1) is 0 Å². The quantitative estimate of drug-likeness (QED) is 0.686. The number of benzene rings is 2. The average Bonchev–Trinajstić information content (AvgIpc) is 2.41. The lowest BCUT2D eigenvalue weighted by atomic mass is 10.0. The zero-order valence-electron chi connectivity index (χ0n) is 11.4. The number of carbonyl (C=O) groups is 1. The summed E-state index contributed by atoms with van der Waals surface area (Å²) in [4.78, 5) is 12.3. The minimum Gasteiger partial charge on any atom is -0.491 e. The van der Waals surface area contributed by atoms with Gasteiger partial charge in [0.2, 0.25) is 0 Å². The van der Waals surface area contributed by atoms with E-state index in [1.54, 1.807) is 24.3 Å². The van der Waals surface area contributed by atoms with Gasteiger partial charge < -0.3 is 10.5 Å². The summed E-state index contributed by atoms with van der Waals surface area (Å²) in [6.07, 6.45) is 0.0652. The summed E-state index contributed by atoms with van der Waals surface area (Å²) >= 11 is 0. The molecule has 0 fully saturated rings. The van der Waals surface area contributed by atoms with Crippen molar-refractivity contribution in [3.63, 3.8) is 0 Å². The van der Waals surface area contributed by atoms with Crippen molar-refractivity contribution in [1.82, 2.24) is 0 Å². The largest absolute Gasteiger partial charge is 0.491 e. The van der Waals surface area contributed by atoms with Crippen LogP contribution in [0.25, 0.3) is 0 Å². The Labute approximate surface area is 117 Å². The predicted molar refractivity (Wildman–Crippen MR) is 76.5 cm³/mol. The minimum absolute atomic E-state index is 0.0652. The normalized spacial score (nSPS) is 10.6. The highest BCUT2D eigenvalue weighted by atomic mass is 19.1. The Morgan fingerprint density at radius 3 is 2.40 bits per heavy atom. The van der Waals surface area contributed by atoms with Gasteiger partial charge in [-0.05, 0) is 50.2 Å². The van der Waals surface area contributed by atoms with Crippen LogP contribution in [0.1, 0.15) is 29.8 Å². The fraction of sp³-hybridized carbons (Fsp3) is 0.188. The Balaban J connectivity index is 2.27. The van der Waals surface area contributed by atoms with Crippen LogP contribution in [0.5, 0.6) is 5.75 Å². The van der Waals surface area contributed by atoms with Crippen molar-refractivity contribution < 1.29 is 13.9 Å². The van der Waals surface area contributed by atoms with E-state index in [-0.39, 0.29) is 23.1 Å². The van der Waals surface area contributed by atoms with Gasteiger partial charge in [0, 0.05) is 11.1 Å². The third-order valence-electron chi connectivity index (χ3n) is 2.79. The number of nitrogens with two attached hydrogens (primary N) is 1. The number of anilines is 1. The van der Waals surface area contributed by atoms with E-state index >= 15 is 0 Å². The van der Waals surface area contributed by atoms with Crippen LogP contribution in [0.15, 0.2) is 42.5 Å². The number of ether oxygens (including phenoxy) is 1. The molecule has 0 spiro atoms. The summed E-state index contributed by atoms with van der Waals surface area (Å²) in [5, 5.41) is 0. The summed E-state index contributed by atoms with van der Waals surface area (Å²) in [5.41, 5.74) is 6.08. The van der Waals surface area contributed by atoms with Crippen molar-refractivity contribution in [2.45, 2.75) is 20.0 Å². The Bertz CT molecular complexity index is 621. The van der Waals surface area contributed by atoms with E-state index in [0.29, 0.717) is 11.3 Å². The summed E-state index contributed by atoms with van der Waals surface area (Å²) in [6.45, 7) is 3.85. The molecule has 104 valence electrons. The first kappa shape index (κ1) is 14.1. The second-order valence-electron chi connectivity index (χ2n) is 4.72. The van der Waals surface area contributed by atoms with Crippen molar-refractivity contribution in [3.8, 4) is 5.75 Å². The minimum atomic E-state index is -0.587.